The molecule has 0 fully saturated rings. The molecule has 4 heteroatoms. The molecule has 9 rings (SSSR count). The minimum absolute atomic E-state index is 1.05. The van der Waals surface area contributed by atoms with Gasteiger partial charge in [-0.25, -0.2) is 0 Å². The highest BCUT2D eigenvalue weighted by Gasteiger charge is 2.11. The predicted octanol–water partition coefficient (Wildman–Crippen LogP) is 5.24. The van der Waals surface area contributed by atoms with Crippen LogP contribution in [-0.4, -0.2) is 19.9 Å². The quantitative estimate of drug-likeness (QED) is 0.215. The number of aromatic amines is 4. The van der Waals surface area contributed by atoms with E-state index in [9.17, 15) is 0 Å². The lowest BCUT2D eigenvalue weighted by Gasteiger charge is -1.99. The first-order valence-electron chi connectivity index (χ1n) is 13.6. The summed E-state index contributed by atoms with van der Waals surface area (Å²) in [7, 11) is 0. The van der Waals surface area contributed by atoms with Gasteiger partial charge in [-0.2, -0.15) is 0 Å². The molecule has 8 aromatic rings. The second-order valence-electron chi connectivity index (χ2n) is 10.7. The van der Waals surface area contributed by atoms with Gasteiger partial charge >= 0.3 is 0 Å². The van der Waals surface area contributed by atoms with E-state index in [4.69, 9.17) is 0 Å². The van der Waals surface area contributed by atoms with Crippen LogP contribution in [-0.2, 0) is 0 Å². The summed E-state index contributed by atoms with van der Waals surface area (Å²) in [4.78, 5) is 14.7. The number of rotatable bonds is 0. The van der Waals surface area contributed by atoms with Crippen molar-refractivity contribution in [3.05, 3.63) is 141 Å². The molecule has 0 amide bonds. The molecule has 0 unspecified atom stereocenters. The number of benzene rings is 4. The molecule has 4 N–H and O–H groups in total. The average Bonchev–Trinajstić information content (AvgIpc) is 3.75. The predicted molar refractivity (Wildman–Crippen MR) is 166 cm³/mol. The molecule has 0 radical (unpaired) electrons. The van der Waals surface area contributed by atoms with Crippen molar-refractivity contribution < 1.29 is 0 Å². The highest BCUT2D eigenvalue weighted by Crippen LogP contribution is 2.30. The highest BCUT2D eigenvalue weighted by atomic mass is 14.8. The highest BCUT2D eigenvalue weighted by molar-refractivity contribution is 6.06. The normalized spacial score (nSPS) is 12.8. The molecule has 0 spiro atoms. The summed E-state index contributed by atoms with van der Waals surface area (Å²) in [6.45, 7) is 0. The Morgan fingerprint density at radius 3 is 0.850 bits per heavy atom. The third-order valence-corrected chi connectivity index (χ3v) is 8.13. The van der Waals surface area contributed by atoms with Crippen LogP contribution in [0.5, 0.6) is 0 Å². The lowest BCUT2D eigenvalue weighted by Crippen LogP contribution is -2.10. The molecule has 5 heterocycles. The summed E-state index contributed by atoms with van der Waals surface area (Å²) < 4.78 is 0. The number of aromatic nitrogens is 4. The molecular weight excluding hydrogens is 488 g/mol. The number of fused-ring (bicyclic) bond motifs is 16. The van der Waals surface area contributed by atoms with E-state index in [0.29, 0.717) is 0 Å². The standard InChI is InChI=1S/C36H24N4/c1-2-6-22-14-30-29(13-21(22)5-1)33-17-25-9-10-27(37-25)19-35-31-15-23-7-3-4-8-24(23)16-32(31)36(40-35)20-28-12-11-26(38-28)18-34(30)39-33/h1-20,37-40H. The smallest absolute Gasteiger partial charge is 0.0485 e. The van der Waals surface area contributed by atoms with Gasteiger partial charge in [0.05, 0.1) is 0 Å². The monoisotopic (exact) mass is 512 g/mol. The topological polar surface area (TPSA) is 63.2 Å². The summed E-state index contributed by atoms with van der Waals surface area (Å²) >= 11 is 0. The van der Waals surface area contributed by atoms with Gasteiger partial charge < -0.3 is 19.9 Å². The minimum atomic E-state index is 1.05. The van der Waals surface area contributed by atoms with Crippen molar-refractivity contribution in [2.75, 3.05) is 0 Å². The van der Waals surface area contributed by atoms with Crippen LogP contribution in [0, 0.1) is 0 Å². The van der Waals surface area contributed by atoms with Gasteiger partial charge in [-0.15, -0.1) is 0 Å². The van der Waals surface area contributed by atoms with E-state index in [1.54, 1.807) is 0 Å². The van der Waals surface area contributed by atoms with Gasteiger partial charge in [-0.05, 0) is 94.4 Å². The Morgan fingerprint density at radius 2 is 0.575 bits per heavy atom. The molecule has 0 atom stereocenters. The second-order valence-corrected chi connectivity index (χ2v) is 10.7. The number of hydrogen-bond donors (Lipinski definition) is 4. The zero-order valence-electron chi connectivity index (χ0n) is 21.5. The van der Waals surface area contributed by atoms with Gasteiger partial charge in [0, 0.05) is 65.7 Å². The van der Waals surface area contributed by atoms with Crippen LogP contribution < -0.4 is 21.4 Å². The zero-order valence-corrected chi connectivity index (χ0v) is 21.5. The molecule has 0 saturated heterocycles. The van der Waals surface area contributed by atoms with Gasteiger partial charge in [-0.3, -0.25) is 0 Å². The van der Waals surface area contributed by atoms with Crippen molar-refractivity contribution in [1.29, 1.82) is 0 Å². The maximum atomic E-state index is 3.71. The lowest BCUT2D eigenvalue weighted by molar-refractivity contribution is 1.23. The number of H-pyrrole nitrogens is 4. The summed E-state index contributed by atoms with van der Waals surface area (Å²) in [5, 5.41) is 14.0. The first-order valence-corrected chi connectivity index (χ1v) is 13.6. The summed E-state index contributed by atoms with van der Waals surface area (Å²) in [6.07, 6.45) is 8.82. The zero-order chi connectivity index (χ0) is 26.2. The van der Waals surface area contributed by atoms with Gasteiger partial charge in [0.2, 0.25) is 0 Å². The van der Waals surface area contributed by atoms with Gasteiger partial charge in [-0.1, -0.05) is 48.5 Å². The van der Waals surface area contributed by atoms with E-state index < -0.39 is 0 Å². The van der Waals surface area contributed by atoms with E-state index in [1.807, 2.05) is 0 Å². The van der Waals surface area contributed by atoms with E-state index in [0.717, 1.165) is 44.2 Å². The second kappa shape index (κ2) is 8.01. The molecule has 4 aromatic carbocycles. The van der Waals surface area contributed by atoms with Crippen molar-refractivity contribution >= 4 is 67.4 Å². The first-order chi connectivity index (χ1) is 19.7. The van der Waals surface area contributed by atoms with Crippen molar-refractivity contribution in [2.24, 2.45) is 0 Å². The van der Waals surface area contributed by atoms with Crippen molar-refractivity contribution in [1.82, 2.24) is 19.9 Å². The Kier molecular flexibility index (Phi) is 4.30. The Hall–Kier alpha value is -5.48. The molecule has 1 aliphatic rings. The maximum absolute atomic E-state index is 3.71. The molecule has 1 aliphatic heterocycles. The minimum Gasteiger partial charge on any atom is -0.355 e. The third kappa shape index (κ3) is 3.33. The Morgan fingerprint density at radius 1 is 0.300 bits per heavy atom. The van der Waals surface area contributed by atoms with Crippen LogP contribution in [0.3, 0.4) is 0 Å². The van der Waals surface area contributed by atoms with Crippen molar-refractivity contribution in [3.8, 4) is 0 Å². The van der Waals surface area contributed by atoms with Crippen LogP contribution in [0.25, 0.3) is 67.4 Å². The van der Waals surface area contributed by atoms with Crippen LogP contribution in [0.2, 0.25) is 0 Å². The Labute approximate surface area is 228 Å². The molecule has 4 aromatic heterocycles. The molecular formula is C36H24N4. The molecule has 0 saturated carbocycles. The van der Waals surface area contributed by atoms with Crippen LogP contribution in [0.15, 0.2) is 97.1 Å². The Balaban J connectivity index is 1.38. The van der Waals surface area contributed by atoms with E-state index in [1.165, 1.54) is 43.1 Å². The summed E-state index contributed by atoms with van der Waals surface area (Å²) in [6, 6.07) is 34.8. The van der Waals surface area contributed by atoms with Crippen LogP contribution in [0.1, 0.15) is 22.8 Å². The summed E-state index contributed by atoms with van der Waals surface area (Å²) in [5.41, 5.74) is 4.35. The number of hydrogen-bond acceptors (Lipinski definition) is 0. The fourth-order valence-corrected chi connectivity index (χ4v) is 6.20. The van der Waals surface area contributed by atoms with Gasteiger partial charge in [0.25, 0.3) is 0 Å². The molecule has 40 heavy (non-hydrogen) atoms. The largest absolute Gasteiger partial charge is 0.355 e. The van der Waals surface area contributed by atoms with Gasteiger partial charge in [0.1, 0.15) is 0 Å². The van der Waals surface area contributed by atoms with E-state index >= 15 is 0 Å². The van der Waals surface area contributed by atoms with Crippen LogP contribution >= 0.6 is 0 Å². The maximum Gasteiger partial charge on any atom is 0.0485 e. The third-order valence-electron chi connectivity index (χ3n) is 8.13. The fraction of sp³-hybridized carbons (Fsp3) is 0. The first kappa shape index (κ1) is 21.5. The molecule has 4 nitrogen and oxygen atoms in total. The van der Waals surface area contributed by atoms with Crippen molar-refractivity contribution in [2.45, 2.75) is 0 Å². The average molecular weight is 513 g/mol. The SMILES string of the molecule is C1=c2ccc([nH]2)=Cc2[nH]c(c3cc4ccccc4cc23)C=c2ccc([nH]2)=Cc2[nH]c1c1cc3ccccc3cc21. The number of nitrogens with one attached hydrogen (secondary N) is 4. The van der Waals surface area contributed by atoms with Gasteiger partial charge in [0.15, 0.2) is 0 Å². The summed E-state index contributed by atoms with van der Waals surface area (Å²) in [5.74, 6) is 0. The van der Waals surface area contributed by atoms with E-state index in [2.05, 4.69) is 141 Å². The van der Waals surface area contributed by atoms with Crippen molar-refractivity contribution in [3.63, 3.8) is 0 Å². The molecule has 188 valence electrons. The van der Waals surface area contributed by atoms with Crippen LogP contribution in [0.4, 0.5) is 0 Å². The van der Waals surface area contributed by atoms with E-state index in [-0.39, 0.29) is 0 Å². The molecule has 8 bridgehead atoms. The molecule has 0 aliphatic carbocycles. The Bertz CT molecular complexity index is 2200. The fourth-order valence-electron chi connectivity index (χ4n) is 6.20. The lowest BCUT2D eigenvalue weighted by atomic mass is 10.0.